The molecule has 1 saturated carbocycles. The Morgan fingerprint density at radius 3 is 2.65 bits per heavy atom. The molecule has 0 spiro atoms. The molecule has 17 heavy (non-hydrogen) atoms. The molecule has 3 N–H and O–H groups in total. The maximum Gasteiger partial charge on any atom is 0.0584 e. The first-order valence-corrected chi connectivity index (χ1v) is 7.16. The van der Waals surface area contributed by atoms with Crippen molar-refractivity contribution in [3.8, 4) is 0 Å². The second kappa shape index (κ2) is 7.34. The summed E-state index contributed by atoms with van der Waals surface area (Å²) in [6.07, 6.45) is 6.48. The highest BCUT2D eigenvalue weighted by Crippen LogP contribution is 2.34. The Morgan fingerprint density at radius 1 is 1.41 bits per heavy atom. The minimum absolute atomic E-state index is 0.239. The predicted molar refractivity (Wildman–Crippen MR) is 72.9 cm³/mol. The van der Waals surface area contributed by atoms with Gasteiger partial charge in [-0.05, 0) is 45.2 Å². The summed E-state index contributed by atoms with van der Waals surface area (Å²) in [5, 5.41) is 9.29. The first-order chi connectivity index (χ1) is 8.13. The average molecular weight is 242 g/mol. The topological polar surface area (TPSA) is 49.5 Å². The van der Waals surface area contributed by atoms with Crippen molar-refractivity contribution in [3.05, 3.63) is 0 Å². The third kappa shape index (κ3) is 3.94. The minimum Gasteiger partial charge on any atom is -0.395 e. The molecule has 0 aromatic carbocycles. The van der Waals surface area contributed by atoms with E-state index >= 15 is 0 Å². The summed E-state index contributed by atoms with van der Waals surface area (Å²) in [7, 11) is 2.14. The molecule has 4 unspecified atom stereocenters. The Bertz CT molecular complexity index is 210. The Kier molecular flexibility index (Phi) is 6.45. The van der Waals surface area contributed by atoms with Crippen LogP contribution in [0.2, 0.25) is 0 Å². The molecule has 0 heterocycles. The lowest BCUT2D eigenvalue weighted by Gasteiger charge is -2.43. The van der Waals surface area contributed by atoms with Gasteiger partial charge in [0, 0.05) is 12.1 Å². The predicted octanol–water partition coefficient (Wildman–Crippen LogP) is 1.84. The van der Waals surface area contributed by atoms with Crippen LogP contribution in [0.5, 0.6) is 0 Å². The molecule has 0 bridgehead atoms. The summed E-state index contributed by atoms with van der Waals surface area (Å²) in [6.45, 7) is 5.38. The van der Waals surface area contributed by atoms with Crippen LogP contribution in [0.4, 0.5) is 0 Å². The normalized spacial score (nSPS) is 31.8. The maximum atomic E-state index is 9.29. The van der Waals surface area contributed by atoms with Crippen LogP contribution in [0.15, 0.2) is 0 Å². The highest BCUT2D eigenvalue weighted by molar-refractivity contribution is 4.87. The summed E-state index contributed by atoms with van der Waals surface area (Å²) in [5.41, 5.74) is 5.90. The molecular formula is C14H30N2O. The Balaban J connectivity index is 2.62. The first-order valence-electron chi connectivity index (χ1n) is 7.16. The van der Waals surface area contributed by atoms with Crippen LogP contribution in [0.1, 0.15) is 46.0 Å². The molecule has 1 fully saturated rings. The number of nitrogens with zero attached hydrogens (tertiary/aromatic N) is 1. The second-order valence-corrected chi connectivity index (χ2v) is 5.73. The van der Waals surface area contributed by atoms with Gasteiger partial charge >= 0.3 is 0 Å². The molecule has 0 radical (unpaired) electrons. The summed E-state index contributed by atoms with van der Waals surface area (Å²) in [4.78, 5) is 2.35. The third-order valence-electron chi connectivity index (χ3n) is 4.55. The van der Waals surface area contributed by atoms with Crippen LogP contribution < -0.4 is 5.73 Å². The molecule has 1 aliphatic rings. The van der Waals surface area contributed by atoms with Crippen LogP contribution in [0, 0.1) is 11.8 Å². The van der Waals surface area contributed by atoms with E-state index in [4.69, 9.17) is 5.73 Å². The van der Waals surface area contributed by atoms with E-state index in [0.717, 1.165) is 12.5 Å². The van der Waals surface area contributed by atoms with Crippen molar-refractivity contribution in [2.45, 2.75) is 58.0 Å². The Morgan fingerprint density at radius 2 is 2.12 bits per heavy atom. The van der Waals surface area contributed by atoms with E-state index in [-0.39, 0.29) is 12.6 Å². The van der Waals surface area contributed by atoms with Gasteiger partial charge in [-0.15, -0.1) is 0 Å². The number of rotatable bonds is 6. The van der Waals surface area contributed by atoms with Gasteiger partial charge in [-0.1, -0.05) is 26.2 Å². The molecular weight excluding hydrogens is 212 g/mol. The zero-order valence-electron chi connectivity index (χ0n) is 11.7. The molecule has 0 saturated heterocycles. The quantitative estimate of drug-likeness (QED) is 0.747. The minimum atomic E-state index is 0.239. The smallest absolute Gasteiger partial charge is 0.0584 e. The molecule has 1 rings (SSSR count). The number of aliphatic hydroxyl groups is 1. The van der Waals surface area contributed by atoms with Gasteiger partial charge in [0.2, 0.25) is 0 Å². The first kappa shape index (κ1) is 14.9. The van der Waals surface area contributed by atoms with Gasteiger partial charge in [-0.3, -0.25) is 4.90 Å². The molecule has 4 atom stereocenters. The van der Waals surface area contributed by atoms with Crippen LogP contribution in [-0.2, 0) is 0 Å². The van der Waals surface area contributed by atoms with E-state index in [2.05, 4.69) is 25.8 Å². The van der Waals surface area contributed by atoms with Gasteiger partial charge in [0.15, 0.2) is 0 Å². The van der Waals surface area contributed by atoms with Gasteiger partial charge in [0.1, 0.15) is 0 Å². The fourth-order valence-corrected chi connectivity index (χ4v) is 3.19. The number of nitrogens with two attached hydrogens (primary N) is 1. The fraction of sp³-hybridized carbons (Fsp3) is 1.00. The highest BCUT2D eigenvalue weighted by atomic mass is 16.3. The van der Waals surface area contributed by atoms with Gasteiger partial charge in [0.25, 0.3) is 0 Å². The van der Waals surface area contributed by atoms with Crippen molar-refractivity contribution in [3.63, 3.8) is 0 Å². The van der Waals surface area contributed by atoms with E-state index < -0.39 is 0 Å². The van der Waals surface area contributed by atoms with Gasteiger partial charge in [-0.25, -0.2) is 0 Å². The molecule has 3 heteroatoms. The maximum absolute atomic E-state index is 9.29. The monoisotopic (exact) mass is 242 g/mol. The molecule has 0 aliphatic heterocycles. The van der Waals surface area contributed by atoms with Crippen molar-refractivity contribution < 1.29 is 5.11 Å². The van der Waals surface area contributed by atoms with Crippen molar-refractivity contribution >= 4 is 0 Å². The lowest BCUT2D eigenvalue weighted by Crippen LogP contribution is -2.49. The van der Waals surface area contributed by atoms with Crippen LogP contribution in [0.25, 0.3) is 0 Å². The number of aliphatic hydroxyl groups excluding tert-OH is 1. The van der Waals surface area contributed by atoms with Crippen molar-refractivity contribution in [2.24, 2.45) is 17.6 Å². The Labute approximate surface area is 106 Å². The van der Waals surface area contributed by atoms with Crippen molar-refractivity contribution in [1.82, 2.24) is 4.90 Å². The highest BCUT2D eigenvalue weighted by Gasteiger charge is 2.33. The van der Waals surface area contributed by atoms with E-state index in [1.807, 2.05) is 0 Å². The van der Waals surface area contributed by atoms with Crippen LogP contribution in [-0.4, -0.2) is 42.3 Å². The lowest BCUT2D eigenvalue weighted by molar-refractivity contribution is 0.0494. The molecule has 0 aromatic rings. The van der Waals surface area contributed by atoms with Gasteiger partial charge in [-0.2, -0.15) is 0 Å². The molecule has 0 amide bonds. The largest absolute Gasteiger partial charge is 0.395 e. The summed E-state index contributed by atoms with van der Waals surface area (Å²) in [6, 6.07) is 0.807. The molecule has 3 nitrogen and oxygen atoms in total. The van der Waals surface area contributed by atoms with Crippen molar-refractivity contribution in [2.75, 3.05) is 20.2 Å². The fourth-order valence-electron chi connectivity index (χ4n) is 3.19. The second-order valence-electron chi connectivity index (χ2n) is 5.73. The number of hydrogen-bond acceptors (Lipinski definition) is 3. The van der Waals surface area contributed by atoms with Crippen LogP contribution >= 0.6 is 0 Å². The zero-order valence-corrected chi connectivity index (χ0v) is 11.7. The summed E-state index contributed by atoms with van der Waals surface area (Å²) in [5.74, 6) is 1.48. The van der Waals surface area contributed by atoms with E-state index in [9.17, 15) is 5.11 Å². The van der Waals surface area contributed by atoms with E-state index in [1.165, 1.54) is 32.1 Å². The number of likely N-dealkylation sites (N-methyl/N-ethyl adjacent to an activating group) is 1. The summed E-state index contributed by atoms with van der Waals surface area (Å²) < 4.78 is 0. The van der Waals surface area contributed by atoms with Crippen LogP contribution in [0.3, 0.4) is 0 Å². The summed E-state index contributed by atoms with van der Waals surface area (Å²) >= 11 is 0. The molecule has 1 aliphatic carbocycles. The molecule has 102 valence electrons. The standard InChI is InChI=1S/C14H30N2O/c1-4-5-12-6-7-13(9-15)14(8-12)16(3)11(2)10-17/h11-14,17H,4-10,15H2,1-3H3. The molecule has 0 aromatic heterocycles. The SMILES string of the molecule is CCCC1CCC(CN)C(N(C)C(C)CO)C1. The average Bonchev–Trinajstić information content (AvgIpc) is 2.37. The van der Waals surface area contributed by atoms with E-state index in [1.54, 1.807) is 0 Å². The Hall–Kier alpha value is -0.120. The third-order valence-corrected chi connectivity index (χ3v) is 4.55. The zero-order chi connectivity index (χ0) is 12.8. The van der Waals surface area contributed by atoms with Gasteiger partial charge < -0.3 is 10.8 Å². The number of hydrogen-bond donors (Lipinski definition) is 2. The lowest BCUT2D eigenvalue weighted by atomic mass is 9.76. The van der Waals surface area contributed by atoms with Crippen molar-refractivity contribution in [1.29, 1.82) is 0 Å². The van der Waals surface area contributed by atoms with Gasteiger partial charge in [0.05, 0.1) is 6.61 Å². The van der Waals surface area contributed by atoms with E-state index in [0.29, 0.717) is 12.0 Å².